The molecule has 8 heteroatoms. The van der Waals surface area contributed by atoms with Gasteiger partial charge in [-0.2, -0.15) is 0 Å². The van der Waals surface area contributed by atoms with Crippen molar-refractivity contribution in [1.29, 1.82) is 0 Å². The minimum atomic E-state index is -0.512. The number of rotatable bonds is 6. The van der Waals surface area contributed by atoms with Gasteiger partial charge in [0.1, 0.15) is 11.6 Å². The topological polar surface area (TPSA) is 101 Å². The van der Waals surface area contributed by atoms with Crippen LogP contribution in [0.15, 0.2) is 48.5 Å². The molecule has 1 amide bonds. The quantitative estimate of drug-likeness (QED) is 0.549. The van der Waals surface area contributed by atoms with Crippen molar-refractivity contribution in [3.05, 3.63) is 64.5 Å². The maximum atomic E-state index is 12.2. The van der Waals surface area contributed by atoms with Crippen LogP contribution in [0, 0.1) is 10.1 Å². The van der Waals surface area contributed by atoms with Crippen molar-refractivity contribution in [2.24, 2.45) is 0 Å². The molecule has 0 atom stereocenters. The number of non-ortho nitro benzene ring substituents is 1. The summed E-state index contributed by atoms with van der Waals surface area (Å²) in [7, 11) is 1.65. The number of aromatic nitrogens is 2. The van der Waals surface area contributed by atoms with E-state index >= 15 is 0 Å². The van der Waals surface area contributed by atoms with Crippen molar-refractivity contribution in [2.45, 2.75) is 6.54 Å². The van der Waals surface area contributed by atoms with E-state index in [0.717, 1.165) is 11.0 Å². The number of nitro groups is 1. The zero-order valence-corrected chi connectivity index (χ0v) is 13.5. The van der Waals surface area contributed by atoms with E-state index in [2.05, 4.69) is 9.97 Å². The molecule has 0 aliphatic carbocycles. The first kappa shape index (κ1) is 16.4. The van der Waals surface area contributed by atoms with Crippen molar-refractivity contribution >= 4 is 22.6 Å². The van der Waals surface area contributed by atoms with Crippen LogP contribution >= 0.6 is 0 Å². The van der Waals surface area contributed by atoms with E-state index < -0.39 is 4.92 Å². The highest BCUT2D eigenvalue weighted by Crippen LogP contribution is 2.19. The highest BCUT2D eigenvalue weighted by Gasteiger charge is 2.13. The fourth-order valence-electron chi connectivity index (χ4n) is 2.34. The Kier molecular flexibility index (Phi) is 4.60. The van der Waals surface area contributed by atoms with Crippen LogP contribution in [0.4, 0.5) is 5.69 Å². The summed E-state index contributed by atoms with van der Waals surface area (Å²) in [4.78, 5) is 31.5. The molecule has 8 nitrogen and oxygen atoms in total. The third kappa shape index (κ3) is 3.92. The lowest BCUT2D eigenvalue weighted by atomic mass is 10.3. The molecule has 0 aliphatic rings. The molecule has 2 aromatic carbocycles. The van der Waals surface area contributed by atoms with Crippen molar-refractivity contribution in [2.75, 3.05) is 13.7 Å². The second-order valence-corrected chi connectivity index (χ2v) is 5.49. The Morgan fingerprint density at radius 2 is 2.08 bits per heavy atom. The highest BCUT2D eigenvalue weighted by molar-refractivity contribution is 5.78. The number of hydrogen-bond acceptors (Lipinski definition) is 5. The van der Waals surface area contributed by atoms with E-state index in [-0.39, 0.29) is 24.0 Å². The zero-order chi connectivity index (χ0) is 17.8. The third-order valence-corrected chi connectivity index (χ3v) is 3.64. The van der Waals surface area contributed by atoms with Crippen LogP contribution in [0.25, 0.3) is 11.0 Å². The number of ether oxygens (including phenoxy) is 1. The summed E-state index contributed by atoms with van der Waals surface area (Å²) in [5.74, 6) is 0.694. The lowest BCUT2D eigenvalue weighted by Gasteiger charge is -2.16. The minimum absolute atomic E-state index is 0.0828. The number of fused-ring (bicyclic) bond motifs is 1. The van der Waals surface area contributed by atoms with Gasteiger partial charge >= 0.3 is 0 Å². The molecule has 128 valence electrons. The lowest BCUT2D eigenvalue weighted by Crippen LogP contribution is -2.31. The van der Waals surface area contributed by atoms with Gasteiger partial charge in [0.05, 0.1) is 28.6 Å². The number of para-hydroxylation sites is 2. The largest absolute Gasteiger partial charge is 0.484 e. The molecule has 0 fully saturated rings. The molecule has 1 aromatic heterocycles. The van der Waals surface area contributed by atoms with Crippen molar-refractivity contribution in [3.8, 4) is 5.75 Å². The summed E-state index contributed by atoms with van der Waals surface area (Å²) >= 11 is 0. The number of carbonyl (C=O) groups excluding carboxylic acids is 1. The van der Waals surface area contributed by atoms with Gasteiger partial charge in [-0.15, -0.1) is 0 Å². The third-order valence-electron chi connectivity index (χ3n) is 3.64. The van der Waals surface area contributed by atoms with E-state index in [0.29, 0.717) is 12.4 Å². The Morgan fingerprint density at radius 1 is 1.28 bits per heavy atom. The molecule has 1 N–H and O–H groups in total. The first-order chi connectivity index (χ1) is 12.0. The van der Waals surface area contributed by atoms with Crippen molar-refractivity contribution < 1.29 is 14.5 Å². The van der Waals surface area contributed by atoms with Gasteiger partial charge in [-0.1, -0.05) is 18.2 Å². The van der Waals surface area contributed by atoms with Gasteiger partial charge in [0.15, 0.2) is 6.61 Å². The summed E-state index contributed by atoms with van der Waals surface area (Å²) in [6.45, 7) is 0.101. The smallest absolute Gasteiger partial charge is 0.273 e. The monoisotopic (exact) mass is 340 g/mol. The second-order valence-electron chi connectivity index (χ2n) is 5.49. The summed E-state index contributed by atoms with van der Waals surface area (Å²) in [5, 5.41) is 10.7. The summed E-state index contributed by atoms with van der Waals surface area (Å²) in [6.07, 6.45) is 0. The Bertz CT molecular complexity index is 889. The van der Waals surface area contributed by atoms with Crippen LogP contribution in [-0.4, -0.2) is 39.4 Å². The van der Waals surface area contributed by atoms with E-state index in [4.69, 9.17) is 4.74 Å². The number of likely N-dealkylation sites (N-methyl/N-ethyl adjacent to an activating group) is 1. The maximum absolute atomic E-state index is 12.2. The van der Waals surface area contributed by atoms with E-state index in [9.17, 15) is 14.9 Å². The van der Waals surface area contributed by atoms with E-state index in [1.54, 1.807) is 13.1 Å². The molecular formula is C17H16N4O4. The number of carbonyl (C=O) groups is 1. The molecular weight excluding hydrogens is 324 g/mol. The summed E-state index contributed by atoms with van der Waals surface area (Å²) in [6, 6.07) is 13.3. The number of nitrogens with zero attached hydrogens (tertiary/aromatic N) is 3. The van der Waals surface area contributed by atoms with Crippen molar-refractivity contribution in [1.82, 2.24) is 14.9 Å². The molecule has 0 radical (unpaired) electrons. The number of hydrogen-bond donors (Lipinski definition) is 1. The van der Waals surface area contributed by atoms with Crippen LogP contribution in [0.5, 0.6) is 5.75 Å². The Labute approximate surface area is 143 Å². The van der Waals surface area contributed by atoms with Crippen LogP contribution in [0.1, 0.15) is 5.82 Å². The number of nitrogens with one attached hydrogen (secondary N) is 1. The molecule has 0 unspecified atom stereocenters. The Balaban J connectivity index is 1.59. The maximum Gasteiger partial charge on any atom is 0.273 e. The van der Waals surface area contributed by atoms with Gasteiger partial charge in [0.25, 0.3) is 11.6 Å². The fourth-order valence-corrected chi connectivity index (χ4v) is 2.34. The average Bonchev–Trinajstić information content (AvgIpc) is 3.02. The molecule has 0 saturated carbocycles. The minimum Gasteiger partial charge on any atom is -0.484 e. The molecule has 25 heavy (non-hydrogen) atoms. The standard InChI is InChI=1S/C17H16N4O4/c1-20(10-16-18-14-7-2-3-8-15(14)19-16)17(22)11-25-13-6-4-5-12(9-13)21(23)24/h2-9H,10-11H2,1H3,(H,18,19). The van der Waals surface area contributed by atoms with Gasteiger partial charge in [-0.3, -0.25) is 14.9 Å². The molecule has 0 spiro atoms. The molecule has 0 bridgehead atoms. The predicted octanol–water partition coefficient (Wildman–Crippen LogP) is 2.51. The number of aromatic amines is 1. The number of H-pyrrole nitrogens is 1. The Morgan fingerprint density at radius 3 is 2.84 bits per heavy atom. The van der Waals surface area contributed by atoms with Crippen LogP contribution in [-0.2, 0) is 11.3 Å². The SMILES string of the molecule is CN(Cc1nc2ccccc2[nH]1)C(=O)COc1cccc([N+](=O)[O-])c1. The van der Waals surface area contributed by atoms with Gasteiger partial charge in [0, 0.05) is 13.1 Å². The number of amides is 1. The second kappa shape index (κ2) is 7.00. The average molecular weight is 340 g/mol. The molecule has 0 saturated heterocycles. The van der Waals surface area contributed by atoms with Crippen LogP contribution in [0.3, 0.4) is 0 Å². The van der Waals surface area contributed by atoms with Crippen molar-refractivity contribution in [3.63, 3.8) is 0 Å². The summed E-state index contributed by atoms with van der Waals surface area (Å²) in [5.41, 5.74) is 1.66. The van der Waals surface area contributed by atoms with Gasteiger partial charge in [-0.25, -0.2) is 4.98 Å². The zero-order valence-electron chi connectivity index (χ0n) is 13.5. The first-order valence-electron chi connectivity index (χ1n) is 7.58. The van der Waals surface area contributed by atoms with Crippen LogP contribution in [0.2, 0.25) is 0 Å². The highest BCUT2D eigenvalue weighted by atomic mass is 16.6. The number of nitro benzene ring substituents is 1. The van der Waals surface area contributed by atoms with Gasteiger partial charge < -0.3 is 14.6 Å². The Hall–Kier alpha value is -3.42. The normalized spacial score (nSPS) is 10.6. The molecule has 0 aliphatic heterocycles. The number of benzene rings is 2. The predicted molar refractivity (Wildman–Crippen MR) is 91.2 cm³/mol. The van der Waals surface area contributed by atoms with Gasteiger partial charge in [-0.05, 0) is 18.2 Å². The number of imidazole rings is 1. The van der Waals surface area contributed by atoms with Gasteiger partial charge in [0.2, 0.25) is 0 Å². The fraction of sp³-hybridized carbons (Fsp3) is 0.176. The van der Waals surface area contributed by atoms with E-state index in [1.807, 2.05) is 24.3 Å². The molecule has 3 rings (SSSR count). The first-order valence-corrected chi connectivity index (χ1v) is 7.58. The van der Waals surface area contributed by atoms with E-state index in [1.165, 1.54) is 23.1 Å². The van der Waals surface area contributed by atoms with Crippen LogP contribution < -0.4 is 4.74 Å². The summed E-state index contributed by atoms with van der Waals surface area (Å²) < 4.78 is 5.35. The molecule has 1 heterocycles. The molecule has 3 aromatic rings. The lowest BCUT2D eigenvalue weighted by molar-refractivity contribution is -0.384.